The van der Waals surface area contributed by atoms with Gasteiger partial charge >= 0.3 is 0 Å². The Hall–Kier alpha value is -1.51. The molecule has 0 aliphatic carbocycles. The van der Waals surface area contributed by atoms with Crippen LogP contribution in [0.5, 0.6) is 5.75 Å². The topological polar surface area (TPSA) is 21.3 Å². The van der Waals surface area contributed by atoms with Gasteiger partial charge < -0.3 is 10.1 Å². The van der Waals surface area contributed by atoms with E-state index in [0.29, 0.717) is 0 Å². The molecule has 0 aliphatic heterocycles. The molecule has 2 rings (SSSR count). The molecule has 0 saturated carbocycles. The van der Waals surface area contributed by atoms with Crippen LogP contribution in [-0.2, 0) is 13.0 Å². The largest absolute Gasteiger partial charge is 0.494 e. The molecular formula is C18H22ClNO. The predicted octanol–water partition coefficient (Wildman–Crippen LogP) is 4.46. The monoisotopic (exact) mass is 303 g/mol. The number of benzene rings is 2. The van der Waals surface area contributed by atoms with Crippen molar-refractivity contribution in [3.05, 3.63) is 64.7 Å². The highest BCUT2D eigenvalue weighted by Gasteiger charge is 1.97. The Kier molecular flexibility index (Phi) is 6.58. The average molecular weight is 304 g/mol. The summed E-state index contributed by atoms with van der Waals surface area (Å²) >= 11 is 5.97. The van der Waals surface area contributed by atoms with Crippen LogP contribution >= 0.6 is 11.6 Å². The van der Waals surface area contributed by atoms with Crippen LogP contribution in [0.15, 0.2) is 48.5 Å². The zero-order valence-electron chi connectivity index (χ0n) is 12.4. The van der Waals surface area contributed by atoms with Crippen molar-refractivity contribution in [3.63, 3.8) is 0 Å². The van der Waals surface area contributed by atoms with Crippen LogP contribution in [0.1, 0.15) is 24.5 Å². The predicted molar refractivity (Wildman–Crippen MR) is 89.1 cm³/mol. The van der Waals surface area contributed by atoms with Gasteiger partial charge in [-0.05, 0) is 54.8 Å². The normalized spacial score (nSPS) is 10.6. The lowest BCUT2D eigenvalue weighted by Crippen LogP contribution is -2.16. The smallest absolute Gasteiger partial charge is 0.119 e. The van der Waals surface area contributed by atoms with Crippen LogP contribution < -0.4 is 10.1 Å². The Morgan fingerprint density at radius 3 is 2.57 bits per heavy atom. The minimum atomic E-state index is 0.775. The highest BCUT2D eigenvalue weighted by molar-refractivity contribution is 6.30. The first-order chi connectivity index (χ1) is 10.3. The Bertz CT molecular complexity index is 539. The second kappa shape index (κ2) is 8.71. The second-order valence-corrected chi connectivity index (χ2v) is 5.49. The van der Waals surface area contributed by atoms with Crippen molar-refractivity contribution in [2.45, 2.75) is 26.3 Å². The minimum absolute atomic E-state index is 0.775. The summed E-state index contributed by atoms with van der Waals surface area (Å²) in [6.45, 7) is 4.69. The van der Waals surface area contributed by atoms with Crippen molar-refractivity contribution < 1.29 is 4.74 Å². The summed E-state index contributed by atoms with van der Waals surface area (Å²) in [5.74, 6) is 0.944. The number of ether oxygens (including phenoxy) is 1. The van der Waals surface area contributed by atoms with E-state index in [2.05, 4.69) is 30.4 Å². The van der Waals surface area contributed by atoms with Gasteiger partial charge in [-0.25, -0.2) is 0 Å². The number of nitrogens with one attached hydrogen (secondary N) is 1. The fourth-order valence-corrected chi connectivity index (χ4v) is 2.29. The SMILES string of the molecule is CCCOc1ccc(CNCCc2cccc(Cl)c2)cc1. The molecule has 1 N–H and O–H groups in total. The first kappa shape index (κ1) is 15.9. The van der Waals surface area contributed by atoms with E-state index in [9.17, 15) is 0 Å². The zero-order valence-corrected chi connectivity index (χ0v) is 13.2. The summed E-state index contributed by atoms with van der Waals surface area (Å²) in [6, 6.07) is 16.3. The van der Waals surface area contributed by atoms with Gasteiger partial charge in [0.05, 0.1) is 6.61 Å². The van der Waals surface area contributed by atoms with Gasteiger partial charge in [-0.2, -0.15) is 0 Å². The molecule has 2 aromatic rings. The van der Waals surface area contributed by atoms with Gasteiger partial charge in [-0.15, -0.1) is 0 Å². The molecule has 0 atom stereocenters. The van der Waals surface area contributed by atoms with Crippen LogP contribution in [0.2, 0.25) is 5.02 Å². The van der Waals surface area contributed by atoms with Crippen molar-refractivity contribution >= 4 is 11.6 Å². The first-order valence-corrected chi connectivity index (χ1v) is 7.82. The van der Waals surface area contributed by atoms with Crippen LogP contribution in [-0.4, -0.2) is 13.2 Å². The molecule has 0 unspecified atom stereocenters. The molecule has 0 saturated heterocycles. The lowest BCUT2D eigenvalue weighted by molar-refractivity contribution is 0.317. The Morgan fingerprint density at radius 1 is 1.05 bits per heavy atom. The van der Waals surface area contributed by atoms with Crippen LogP contribution in [0.3, 0.4) is 0 Å². The lowest BCUT2D eigenvalue weighted by Gasteiger charge is -2.07. The van der Waals surface area contributed by atoms with E-state index in [-0.39, 0.29) is 0 Å². The average Bonchev–Trinajstić information content (AvgIpc) is 2.51. The molecule has 2 aromatic carbocycles. The van der Waals surface area contributed by atoms with Crippen LogP contribution in [0.4, 0.5) is 0 Å². The van der Waals surface area contributed by atoms with Crippen molar-refractivity contribution in [3.8, 4) is 5.75 Å². The molecule has 0 heterocycles. The second-order valence-electron chi connectivity index (χ2n) is 5.05. The van der Waals surface area contributed by atoms with Crippen molar-refractivity contribution in [2.75, 3.05) is 13.2 Å². The van der Waals surface area contributed by atoms with E-state index >= 15 is 0 Å². The molecular weight excluding hydrogens is 282 g/mol. The van der Waals surface area contributed by atoms with Gasteiger partial charge in [-0.1, -0.05) is 42.8 Å². The van der Waals surface area contributed by atoms with Gasteiger partial charge in [0, 0.05) is 11.6 Å². The Labute approximate surface area is 132 Å². The van der Waals surface area contributed by atoms with Gasteiger partial charge in [0.1, 0.15) is 5.75 Å². The van der Waals surface area contributed by atoms with Crippen LogP contribution in [0, 0.1) is 0 Å². The quantitative estimate of drug-likeness (QED) is 0.727. The molecule has 0 aliphatic rings. The summed E-state index contributed by atoms with van der Waals surface area (Å²) in [7, 11) is 0. The molecule has 0 spiro atoms. The summed E-state index contributed by atoms with van der Waals surface area (Å²) < 4.78 is 5.57. The van der Waals surface area contributed by atoms with E-state index in [1.54, 1.807) is 0 Å². The van der Waals surface area contributed by atoms with Crippen molar-refractivity contribution in [1.29, 1.82) is 0 Å². The standard InChI is InChI=1S/C18H22ClNO/c1-2-12-21-18-8-6-16(7-9-18)14-20-11-10-15-4-3-5-17(19)13-15/h3-9,13,20H,2,10-12,14H2,1H3. The Balaban J connectivity index is 1.71. The maximum atomic E-state index is 5.97. The highest BCUT2D eigenvalue weighted by atomic mass is 35.5. The number of hydrogen-bond acceptors (Lipinski definition) is 2. The summed E-state index contributed by atoms with van der Waals surface area (Å²) in [5, 5.41) is 4.25. The molecule has 0 aromatic heterocycles. The van der Waals surface area contributed by atoms with E-state index in [1.807, 2.05) is 30.3 Å². The van der Waals surface area contributed by atoms with Gasteiger partial charge in [0.2, 0.25) is 0 Å². The molecule has 2 nitrogen and oxygen atoms in total. The third-order valence-electron chi connectivity index (χ3n) is 3.20. The first-order valence-electron chi connectivity index (χ1n) is 7.45. The van der Waals surface area contributed by atoms with Crippen molar-refractivity contribution in [2.24, 2.45) is 0 Å². The van der Waals surface area contributed by atoms with E-state index < -0.39 is 0 Å². The van der Waals surface area contributed by atoms with E-state index in [1.165, 1.54) is 11.1 Å². The fraction of sp³-hybridized carbons (Fsp3) is 0.333. The fourth-order valence-electron chi connectivity index (χ4n) is 2.08. The molecule has 0 fully saturated rings. The van der Waals surface area contributed by atoms with Crippen molar-refractivity contribution in [1.82, 2.24) is 5.32 Å². The lowest BCUT2D eigenvalue weighted by atomic mass is 10.1. The summed E-state index contributed by atoms with van der Waals surface area (Å²) in [5.41, 5.74) is 2.53. The zero-order chi connectivity index (χ0) is 14.9. The molecule has 3 heteroatoms. The summed E-state index contributed by atoms with van der Waals surface area (Å²) in [4.78, 5) is 0. The minimum Gasteiger partial charge on any atom is -0.494 e. The molecule has 21 heavy (non-hydrogen) atoms. The maximum Gasteiger partial charge on any atom is 0.119 e. The maximum absolute atomic E-state index is 5.97. The molecule has 0 bridgehead atoms. The molecule has 0 amide bonds. The third-order valence-corrected chi connectivity index (χ3v) is 3.44. The van der Waals surface area contributed by atoms with Gasteiger partial charge in [0.25, 0.3) is 0 Å². The third kappa shape index (κ3) is 5.78. The van der Waals surface area contributed by atoms with E-state index in [4.69, 9.17) is 16.3 Å². The number of rotatable bonds is 8. The number of hydrogen-bond donors (Lipinski definition) is 1. The Morgan fingerprint density at radius 2 is 1.86 bits per heavy atom. The highest BCUT2D eigenvalue weighted by Crippen LogP contribution is 2.13. The number of halogens is 1. The molecule has 112 valence electrons. The van der Waals surface area contributed by atoms with Crippen LogP contribution in [0.25, 0.3) is 0 Å². The van der Waals surface area contributed by atoms with Gasteiger partial charge in [0.15, 0.2) is 0 Å². The summed E-state index contributed by atoms with van der Waals surface area (Å²) in [6.07, 6.45) is 2.02. The van der Waals surface area contributed by atoms with Gasteiger partial charge in [-0.3, -0.25) is 0 Å². The van der Waals surface area contributed by atoms with E-state index in [0.717, 1.165) is 43.3 Å². The molecule has 0 radical (unpaired) electrons.